The molecule has 6 heteroatoms. The quantitative estimate of drug-likeness (QED) is 0.574. The van der Waals surface area contributed by atoms with Gasteiger partial charge < -0.3 is 5.73 Å². The van der Waals surface area contributed by atoms with Crippen LogP contribution in [-0.4, -0.2) is 15.0 Å². The van der Waals surface area contributed by atoms with E-state index in [0.717, 1.165) is 18.4 Å². The highest BCUT2D eigenvalue weighted by atomic mass is 32.2. The van der Waals surface area contributed by atoms with Crippen LogP contribution in [0.5, 0.6) is 0 Å². The minimum absolute atomic E-state index is 0.363. The molecule has 1 heterocycles. The molecule has 0 aromatic carbocycles. The van der Waals surface area contributed by atoms with Crippen molar-refractivity contribution in [2.45, 2.75) is 69.0 Å². The van der Waals surface area contributed by atoms with Crippen molar-refractivity contribution >= 4 is 21.4 Å². The number of sulfonamides is 1. The van der Waals surface area contributed by atoms with Gasteiger partial charge in [-0.25, -0.2) is 13.1 Å². The summed E-state index contributed by atoms with van der Waals surface area (Å²) in [6, 6.07) is 1.65. The number of thiophene rings is 1. The third-order valence-electron chi connectivity index (χ3n) is 3.45. The summed E-state index contributed by atoms with van der Waals surface area (Å²) in [7, 11) is -3.34. The number of unbranched alkanes of at least 4 members (excludes halogenated alkanes) is 7. The van der Waals surface area contributed by atoms with Crippen molar-refractivity contribution in [2.75, 3.05) is 6.54 Å². The van der Waals surface area contributed by atoms with E-state index in [4.69, 9.17) is 5.73 Å². The zero-order valence-corrected chi connectivity index (χ0v) is 14.6. The van der Waals surface area contributed by atoms with E-state index < -0.39 is 10.0 Å². The van der Waals surface area contributed by atoms with Gasteiger partial charge in [-0.05, 0) is 23.4 Å². The largest absolute Gasteiger partial charge is 0.326 e. The van der Waals surface area contributed by atoms with Crippen molar-refractivity contribution in [3.05, 3.63) is 17.0 Å². The van der Waals surface area contributed by atoms with E-state index >= 15 is 0 Å². The van der Waals surface area contributed by atoms with E-state index in [1.165, 1.54) is 49.9 Å². The molecule has 0 aliphatic rings. The van der Waals surface area contributed by atoms with E-state index in [2.05, 4.69) is 11.6 Å². The molecule has 0 amide bonds. The third-order valence-corrected chi connectivity index (χ3v) is 6.40. The molecule has 0 fully saturated rings. The second-order valence-electron chi connectivity index (χ2n) is 5.35. The van der Waals surface area contributed by atoms with Crippen LogP contribution in [0, 0.1) is 0 Å². The van der Waals surface area contributed by atoms with Gasteiger partial charge in [0.1, 0.15) is 4.21 Å². The van der Waals surface area contributed by atoms with Gasteiger partial charge in [-0.2, -0.15) is 0 Å². The highest BCUT2D eigenvalue weighted by molar-refractivity contribution is 7.91. The molecule has 0 radical (unpaired) electrons. The fraction of sp³-hybridized carbons (Fsp3) is 0.733. The van der Waals surface area contributed by atoms with Crippen molar-refractivity contribution in [3.8, 4) is 0 Å². The molecule has 0 spiro atoms. The molecule has 0 aliphatic heterocycles. The van der Waals surface area contributed by atoms with E-state index in [9.17, 15) is 8.42 Å². The standard InChI is InChI=1S/C15H28N2O2S2/c1-2-3-4-5-6-7-8-9-10-17-21(18,19)15-11-14(12-16)13-20-15/h11,13,17H,2-10,12,16H2,1H3. The van der Waals surface area contributed by atoms with Gasteiger partial charge >= 0.3 is 0 Å². The summed E-state index contributed by atoms with van der Waals surface area (Å²) in [6.07, 6.45) is 9.68. The molecular formula is C15H28N2O2S2. The first-order valence-electron chi connectivity index (χ1n) is 7.87. The van der Waals surface area contributed by atoms with Crippen molar-refractivity contribution in [2.24, 2.45) is 5.73 Å². The molecule has 1 aromatic heterocycles. The van der Waals surface area contributed by atoms with Crippen molar-refractivity contribution < 1.29 is 8.42 Å². The highest BCUT2D eigenvalue weighted by Gasteiger charge is 2.15. The lowest BCUT2D eigenvalue weighted by Gasteiger charge is -2.05. The Labute approximate surface area is 133 Å². The Kier molecular flexibility index (Phi) is 9.15. The maximum atomic E-state index is 12.0. The van der Waals surface area contributed by atoms with Gasteiger partial charge in [0.2, 0.25) is 10.0 Å². The zero-order chi connectivity index (χ0) is 15.6. The molecule has 4 nitrogen and oxygen atoms in total. The van der Waals surface area contributed by atoms with E-state index in [1.807, 2.05) is 0 Å². The molecule has 3 N–H and O–H groups in total. The fourth-order valence-electron chi connectivity index (χ4n) is 2.14. The maximum absolute atomic E-state index is 12.0. The first kappa shape index (κ1) is 18.6. The first-order valence-corrected chi connectivity index (χ1v) is 10.2. The van der Waals surface area contributed by atoms with Crippen LogP contribution >= 0.6 is 11.3 Å². The van der Waals surface area contributed by atoms with Gasteiger partial charge in [-0.3, -0.25) is 0 Å². The van der Waals surface area contributed by atoms with Gasteiger partial charge in [0.25, 0.3) is 0 Å². The normalized spacial score (nSPS) is 11.9. The molecule has 122 valence electrons. The van der Waals surface area contributed by atoms with E-state index in [-0.39, 0.29) is 0 Å². The average molecular weight is 333 g/mol. The Morgan fingerprint density at radius 3 is 2.29 bits per heavy atom. The van der Waals surface area contributed by atoms with Gasteiger partial charge in [-0.15, -0.1) is 11.3 Å². The van der Waals surface area contributed by atoms with Crippen molar-refractivity contribution in [1.82, 2.24) is 4.72 Å². The summed E-state index contributed by atoms with van der Waals surface area (Å²) < 4.78 is 27.1. The molecular weight excluding hydrogens is 304 g/mol. The number of nitrogens with one attached hydrogen (secondary N) is 1. The smallest absolute Gasteiger partial charge is 0.250 e. The summed E-state index contributed by atoms with van der Waals surface area (Å²) in [5.41, 5.74) is 6.36. The van der Waals surface area contributed by atoms with Crippen LogP contribution in [0.4, 0.5) is 0 Å². The van der Waals surface area contributed by atoms with Crippen molar-refractivity contribution in [1.29, 1.82) is 0 Å². The Morgan fingerprint density at radius 1 is 1.10 bits per heavy atom. The maximum Gasteiger partial charge on any atom is 0.250 e. The molecule has 1 aromatic rings. The van der Waals surface area contributed by atoms with Crippen LogP contribution in [0.3, 0.4) is 0 Å². The number of hydrogen-bond acceptors (Lipinski definition) is 4. The second kappa shape index (κ2) is 10.3. The van der Waals surface area contributed by atoms with Crippen LogP contribution < -0.4 is 10.5 Å². The molecule has 0 saturated heterocycles. The molecule has 21 heavy (non-hydrogen) atoms. The van der Waals surface area contributed by atoms with Crippen molar-refractivity contribution in [3.63, 3.8) is 0 Å². The van der Waals surface area contributed by atoms with Crippen LogP contribution in [0.1, 0.15) is 63.9 Å². The lowest BCUT2D eigenvalue weighted by molar-refractivity contribution is 0.560. The highest BCUT2D eigenvalue weighted by Crippen LogP contribution is 2.19. The van der Waals surface area contributed by atoms with Crippen LogP contribution in [0.25, 0.3) is 0 Å². The summed E-state index contributed by atoms with van der Waals surface area (Å²) in [6.45, 7) is 3.12. The van der Waals surface area contributed by atoms with Crippen LogP contribution in [0.15, 0.2) is 15.7 Å². The third kappa shape index (κ3) is 7.40. The summed E-state index contributed by atoms with van der Waals surface area (Å²) in [5.74, 6) is 0. The Hall–Kier alpha value is -0.430. The lowest BCUT2D eigenvalue weighted by atomic mass is 10.1. The predicted octanol–water partition coefficient (Wildman–Crippen LogP) is 3.63. The van der Waals surface area contributed by atoms with Gasteiger partial charge in [-0.1, -0.05) is 51.9 Å². The van der Waals surface area contributed by atoms with Gasteiger partial charge in [0, 0.05) is 13.1 Å². The Bertz CT molecular complexity index is 484. The summed E-state index contributed by atoms with van der Waals surface area (Å²) in [5, 5.41) is 1.80. The van der Waals surface area contributed by atoms with E-state index in [1.54, 1.807) is 11.4 Å². The average Bonchev–Trinajstić information content (AvgIpc) is 2.95. The molecule has 0 bridgehead atoms. The molecule has 0 saturated carbocycles. The fourth-order valence-corrected chi connectivity index (χ4v) is 4.48. The first-order chi connectivity index (χ1) is 10.1. The minimum Gasteiger partial charge on any atom is -0.326 e. The topological polar surface area (TPSA) is 72.2 Å². The minimum atomic E-state index is -3.34. The number of rotatable bonds is 12. The Balaban J connectivity index is 2.14. The SMILES string of the molecule is CCCCCCCCCCNS(=O)(=O)c1cc(CN)cs1. The lowest BCUT2D eigenvalue weighted by Crippen LogP contribution is -2.24. The van der Waals surface area contributed by atoms with Crippen LogP contribution in [0.2, 0.25) is 0 Å². The molecule has 0 unspecified atom stereocenters. The molecule has 0 atom stereocenters. The van der Waals surface area contributed by atoms with E-state index in [0.29, 0.717) is 17.3 Å². The number of nitrogens with two attached hydrogens (primary N) is 1. The van der Waals surface area contributed by atoms with Gasteiger partial charge in [0.15, 0.2) is 0 Å². The molecule has 0 aliphatic carbocycles. The second-order valence-corrected chi connectivity index (χ2v) is 8.26. The monoisotopic (exact) mass is 332 g/mol. The summed E-state index contributed by atoms with van der Waals surface area (Å²) in [4.78, 5) is 0. The predicted molar refractivity (Wildman–Crippen MR) is 90.0 cm³/mol. The van der Waals surface area contributed by atoms with Crippen LogP contribution in [-0.2, 0) is 16.6 Å². The number of hydrogen-bond donors (Lipinski definition) is 2. The van der Waals surface area contributed by atoms with Gasteiger partial charge in [0.05, 0.1) is 0 Å². The zero-order valence-electron chi connectivity index (χ0n) is 12.9. The Morgan fingerprint density at radius 2 is 1.71 bits per heavy atom. The molecule has 1 rings (SSSR count). The summed E-state index contributed by atoms with van der Waals surface area (Å²) >= 11 is 1.23.